The average molecular weight is 359 g/mol. The number of nitrogens with zero attached hydrogens (tertiary/aromatic N) is 1. The maximum atomic E-state index is 13.3. The lowest BCUT2D eigenvalue weighted by Gasteiger charge is -2.11. The number of carbonyl (C=O) groups is 1. The van der Waals surface area contributed by atoms with Gasteiger partial charge in [-0.2, -0.15) is 0 Å². The average Bonchev–Trinajstić information content (AvgIpc) is 2.38. The smallest absolute Gasteiger partial charge is 0.257 e. The summed E-state index contributed by atoms with van der Waals surface area (Å²) >= 11 is 8.81. The number of pyridine rings is 1. The van der Waals surface area contributed by atoms with Crippen LogP contribution in [0.25, 0.3) is 0 Å². The third kappa shape index (κ3) is 3.08. The number of nitrogens with two attached hydrogens (primary N) is 1. The Morgan fingerprint density at radius 3 is 2.85 bits per heavy atom. The summed E-state index contributed by atoms with van der Waals surface area (Å²) in [6.07, 6.45) is 1.31. The number of anilines is 2. The van der Waals surface area contributed by atoms with Gasteiger partial charge >= 0.3 is 0 Å². The molecule has 1 heterocycles. The Kier molecular flexibility index (Phi) is 4.25. The van der Waals surface area contributed by atoms with E-state index in [-0.39, 0.29) is 20.9 Å². The Hall–Kier alpha value is -1.66. The topological polar surface area (TPSA) is 68.0 Å². The minimum absolute atomic E-state index is 0.168. The first-order chi connectivity index (χ1) is 9.38. The van der Waals surface area contributed by atoms with Gasteiger partial charge in [0.1, 0.15) is 11.0 Å². The molecule has 0 unspecified atom stereocenters. The van der Waals surface area contributed by atoms with Gasteiger partial charge in [-0.3, -0.25) is 4.79 Å². The molecule has 0 aliphatic rings. The fraction of sp³-hybridized carbons (Fsp3) is 0.0769. The molecule has 3 N–H and O–H groups in total. The summed E-state index contributed by atoms with van der Waals surface area (Å²) in [4.78, 5) is 15.9. The highest BCUT2D eigenvalue weighted by Crippen LogP contribution is 2.25. The quantitative estimate of drug-likeness (QED) is 0.803. The number of benzene rings is 1. The highest BCUT2D eigenvalue weighted by atomic mass is 79.9. The third-order valence-electron chi connectivity index (χ3n) is 2.66. The highest BCUT2D eigenvalue weighted by Gasteiger charge is 2.13. The molecule has 0 fully saturated rings. The van der Waals surface area contributed by atoms with E-state index >= 15 is 0 Å². The van der Waals surface area contributed by atoms with Crippen LogP contribution in [0.4, 0.5) is 15.8 Å². The Balaban J connectivity index is 2.32. The molecule has 0 aliphatic heterocycles. The van der Waals surface area contributed by atoms with Gasteiger partial charge in [-0.1, -0.05) is 11.6 Å². The fourth-order valence-electron chi connectivity index (χ4n) is 1.61. The normalized spacial score (nSPS) is 10.4. The molecule has 0 aliphatic carbocycles. The van der Waals surface area contributed by atoms with Gasteiger partial charge in [-0.05, 0) is 46.6 Å². The minimum Gasteiger partial charge on any atom is -0.397 e. The van der Waals surface area contributed by atoms with Crippen LogP contribution in [0.5, 0.6) is 0 Å². The number of nitrogens with one attached hydrogen (secondary N) is 1. The third-order valence-corrected chi connectivity index (χ3v) is 3.48. The zero-order chi connectivity index (χ0) is 14.9. The van der Waals surface area contributed by atoms with Gasteiger partial charge in [0, 0.05) is 5.69 Å². The van der Waals surface area contributed by atoms with Crippen LogP contribution in [0.3, 0.4) is 0 Å². The number of hydrogen-bond donors (Lipinski definition) is 2. The molecule has 0 spiro atoms. The lowest BCUT2D eigenvalue weighted by atomic mass is 10.1. The number of aryl methyl sites for hydroxylation is 1. The van der Waals surface area contributed by atoms with Crippen molar-refractivity contribution < 1.29 is 9.18 Å². The molecule has 0 atom stereocenters. The minimum atomic E-state index is -0.437. The van der Waals surface area contributed by atoms with E-state index in [2.05, 4.69) is 26.2 Å². The molecule has 0 radical (unpaired) electrons. The van der Waals surface area contributed by atoms with Crippen molar-refractivity contribution in [3.8, 4) is 0 Å². The SMILES string of the molecule is Cc1cc(F)c(Br)cc1NC(=O)c1cc(Cl)ncc1N. The first-order valence-corrected chi connectivity index (χ1v) is 6.73. The van der Waals surface area contributed by atoms with Crippen molar-refractivity contribution in [3.63, 3.8) is 0 Å². The maximum absolute atomic E-state index is 13.3. The van der Waals surface area contributed by atoms with Crippen molar-refractivity contribution >= 4 is 44.8 Å². The second kappa shape index (κ2) is 5.76. The molecule has 1 amide bonds. The molecule has 0 bridgehead atoms. The Bertz CT molecular complexity index is 694. The van der Waals surface area contributed by atoms with Crippen molar-refractivity contribution in [1.82, 2.24) is 4.98 Å². The van der Waals surface area contributed by atoms with Crippen LogP contribution >= 0.6 is 27.5 Å². The molecule has 1 aromatic heterocycles. The summed E-state index contributed by atoms with van der Waals surface area (Å²) in [5.74, 6) is -0.833. The zero-order valence-electron chi connectivity index (χ0n) is 10.4. The van der Waals surface area contributed by atoms with Crippen LogP contribution in [-0.4, -0.2) is 10.9 Å². The first kappa shape index (κ1) is 14.7. The predicted molar refractivity (Wildman–Crippen MR) is 80.4 cm³/mol. The number of hydrogen-bond acceptors (Lipinski definition) is 3. The highest BCUT2D eigenvalue weighted by molar-refractivity contribution is 9.10. The summed E-state index contributed by atoms with van der Waals surface area (Å²) in [6.45, 7) is 1.69. The Morgan fingerprint density at radius 2 is 2.15 bits per heavy atom. The number of amides is 1. The Morgan fingerprint density at radius 1 is 1.45 bits per heavy atom. The van der Waals surface area contributed by atoms with E-state index in [1.807, 2.05) is 0 Å². The molecule has 2 aromatic rings. The largest absolute Gasteiger partial charge is 0.397 e. The van der Waals surface area contributed by atoms with Gasteiger partial charge in [-0.25, -0.2) is 9.37 Å². The molecular formula is C13H10BrClFN3O. The number of aromatic nitrogens is 1. The van der Waals surface area contributed by atoms with Crippen molar-refractivity contribution in [3.05, 3.63) is 51.0 Å². The van der Waals surface area contributed by atoms with Gasteiger partial charge in [0.05, 0.1) is 21.9 Å². The van der Waals surface area contributed by atoms with Crippen LogP contribution in [-0.2, 0) is 0 Å². The van der Waals surface area contributed by atoms with E-state index in [1.54, 1.807) is 6.92 Å². The van der Waals surface area contributed by atoms with Gasteiger partial charge in [-0.15, -0.1) is 0 Å². The molecule has 1 aromatic carbocycles. The molecule has 2 rings (SSSR count). The number of carbonyl (C=O) groups excluding carboxylic acids is 1. The van der Waals surface area contributed by atoms with Crippen molar-refractivity contribution in [2.75, 3.05) is 11.1 Å². The van der Waals surface area contributed by atoms with Gasteiger partial charge < -0.3 is 11.1 Å². The standard InChI is InChI=1S/C13H10BrClFN3O/c1-6-2-9(16)8(14)4-11(6)19-13(20)7-3-12(15)18-5-10(7)17/h2-5H,17H2,1H3,(H,19,20). The maximum Gasteiger partial charge on any atom is 0.257 e. The lowest BCUT2D eigenvalue weighted by molar-refractivity contribution is 0.102. The molecular weight excluding hydrogens is 349 g/mol. The number of halogens is 3. The van der Waals surface area contributed by atoms with Crippen LogP contribution < -0.4 is 11.1 Å². The van der Waals surface area contributed by atoms with Gasteiger partial charge in [0.15, 0.2) is 0 Å². The van der Waals surface area contributed by atoms with Crippen molar-refractivity contribution in [1.29, 1.82) is 0 Å². The second-order valence-corrected chi connectivity index (χ2v) is 5.37. The monoisotopic (exact) mass is 357 g/mol. The molecule has 20 heavy (non-hydrogen) atoms. The van der Waals surface area contributed by atoms with E-state index in [1.165, 1.54) is 24.4 Å². The summed E-state index contributed by atoms with van der Waals surface area (Å²) < 4.78 is 13.6. The van der Waals surface area contributed by atoms with Crippen LogP contribution in [0.15, 0.2) is 28.9 Å². The van der Waals surface area contributed by atoms with E-state index < -0.39 is 11.7 Å². The number of nitrogen functional groups attached to an aromatic ring is 1. The Labute approximate surface area is 128 Å². The van der Waals surface area contributed by atoms with E-state index in [0.717, 1.165) is 0 Å². The van der Waals surface area contributed by atoms with Crippen molar-refractivity contribution in [2.24, 2.45) is 0 Å². The zero-order valence-corrected chi connectivity index (χ0v) is 12.7. The summed E-state index contributed by atoms with van der Waals surface area (Å²) in [5.41, 5.74) is 7.19. The molecule has 0 saturated heterocycles. The van der Waals surface area contributed by atoms with E-state index in [0.29, 0.717) is 11.3 Å². The van der Waals surface area contributed by atoms with Crippen molar-refractivity contribution in [2.45, 2.75) is 6.92 Å². The predicted octanol–water partition coefficient (Wildman–Crippen LogP) is 3.78. The lowest BCUT2D eigenvalue weighted by Crippen LogP contribution is -2.15. The van der Waals surface area contributed by atoms with Crippen LogP contribution in [0.1, 0.15) is 15.9 Å². The van der Waals surface area contributed by atoms with Gasteiger partial charge in [0.25, 0.3) is 5.91 Å². The number of rotatable bonds is 2. The summed E-state index contributed by atoms with van der Waals surface area (Å²) in [6, 6.07) is 4.18. The molecule has 7 heteroatoms. The molecule has 104 valence electrons. The molecule has 4 nitrogen and oxygen atoms in total. The molecule has 0 saturated carbocycles. The van der Waals surface area contributed by atoms with Gasteiger partial charge in [0.2, 0.25) is 0 Å². The van der Waals surface area contributed by atoms with E-state index in [9.17, 15) is 9.18 Å². The van der Waals surface area contributed by atoms with E-state index in [4.69, 9.17) is 17.3 Å². The summed E-state index contributed by atoms with van der Waals surface area (Å²) in [7, 11) is 0. The second-order valence-electron chi connectivity index (χ2n) is 4.13. The fourth-order valence-corrected chi connectivity index (χ4v) is 2.11. The first-order valence-electron chi connectivity index (χ1n) is 5.56. The summed E-state index contributed by atoms with van der Waals surface area (Å²) in [5, 5.41) is 2.83. The van der Waals surface area contributed by atoms with Crippen LogP contribution in [0, 0.1) is 12.7 Å². The van der Waals surface area contributed by atoms with Crippen LogP contribution in [0.2, 0.25) is 5.15 Å².